The molecular weight excluding hydrogens is 263 g/mol. The number of benzene rings is 1. The lowest BCUT2D eigenvalue weighted by molar-refractivity contribution is 0.189. The summed E-state index contributed by atoms with van der Waals surface area (Å²) in [6, 6.07) is 7.10. The van der Waals surface area contributed by atoms with Crippen molar-refractivity contribution in [1.29, 1.82) is 0 Å². The van der Waals surface area contributed by atoms with Gasteiger partial charge in [0.25, 0.3) is 0 Å². The molecule has 1 aromatic rings. The van der Waals surface area contributed by atoms with E-state index in [0.29, 0.717) is 5.41 Å². The van der Waals surface area contributed by atoms with Gasteiger partial charge in [0, 0.05) is 25.6 Å². The van der Waals surface area contributed by atoms with E-state index < -0.39 is 0 Å². The van der Waals surface area contributed by atoms with Gasteiger partial charge >= 0.3 is 0 Å². The molecule has 0 bridgehead atoms. The van der Waals surface area contributed by atoms with Crippen LogP contribution in [0.25, 0.3) is 0 Å². The SMILES string of the molecule is CCCNCC1(CN(C)c2ccccc2F)CCCCC1. The molecule has 1 aromatic carbocycles. The van der Waals surface area contributed by atoms with Crippen molar-refractivity contribution in [3.05, 3.63) is 30.1 Å². The van der Waals surface area contributed by atoms with Crippen LogP contribution in [0.4, 0.5) is 10.1 Å². The topological polar surface area (TPSA) is 15.3 Å². The molecule has 1 aliphatic carbocycles. The van der Waals surface area contributed by atoms with Crippen LogP contribution in [0.2, 0.25) is 0 Å². The zero-order chi connectivity index (χ0) is 15.1. The van der Waals surface area contributed by atoms with E-state index in [0.717, 1.165) is 25.3 Å². The van der Waals surface area contributed by atoms with Crippen LogP contribution in [0.15, 0.2) is 24.3 Å². The summed E-state index contributed by atoms with van der Waals surface area (Å²) < 4.78 is 14.0. The number of halogens is 1. The Labute approximate surface area is 128 Å². The van der Waals surface area contributed by atoms with E-state index in [-0.39, 0.29) is 5.82 Å². The van der Waals surface area contributed by atoms with Crippen molar-refractivity contribution in [3.63, 3.8) is 0 Å². The second-order valence-corrected chi connectivity index (χ2v) is 6.54. The fourth-order valence-electron chi connectivity index (χ4n) is 3.57. The lowest BCUT2D eigenvalue weighted by atomic mass is 9.73. The fraction of sp³-hybridized carbons (Fsp3) is 0.667. The first-order valence-electron chi connectivity index (χ1n) is 8.33. The Balaban J connectivity index is 2.05. The predicted molar refractivity (Wildman–Crippen MR) is 88.3 cm³/mol. The number of hydrogen-bond donors (Lipinski definition) is 1. The Morgan fingerprint density at radius 3 is 2.57 bits per heavy atom. The Kier molecular flexibility index (Phi) is 6.04. The molecule has 1 fully saturated rings. The van der Waals surface area contributed by atoms with Gasteiger partial charge in [0.1, 0.15) is 5.82 Å². The summed E-state index contributed by atoms with van der Waals surface area (Å²) in [6.07, 6.45) is 7.63. The van der Waals surface area contributed by atoms with Crippen LogP contribution in [0.1, 0.15) is 45.4 Å². The van der Waals surface area contributed by atoms with Crippen molar-refractivity contribution < 1.29 is 4.39 Å². The van der Waals surface area contributed by atoms with Gasteiger partial charge in [-0.15, -0.1) is 0 Å². The summed E-state index contributed by atoms with van der Waals surface area (Å²) in [5, 5.41) is 3.60. The van der Waals surface area contributed by atoms with Crippen LogP contribution in [-0.2, 0) is 0 Å². The molecule has 21 heavy (non-hydrogen) atoms. The minimum Gasteiger partial charge on any atom is -0.372 e. The van der Waals surface area contributed by atoms with Crippen LogP contribution in [0, 0.1) is 11.2 Å². The molecule has 118 valence electrons. The number of anilines is 1. The molecular formula is C18H29FN2. The zero-order valence-corrected chi connectivity index (χ0v) is 13.5. The third-order valence-corrected chi connectivity index (χ3v) is 4.68. The first-order valence-corrected chi connectivity index (χ1v) is 8.33. The van der Waals surface area contributed by atoms with Crippen LogP contribution >= 0.6 is 0 Å². The van der Waals surface area contributed by atoms with E-state index in [9.17, 15) is 4.39 Å². The van der Waals surface area contributed by atoms with E-state index in [1.165, 1.54) is 38.5 Å². The summed E-state index contributed by atoms with van der Waals surface area (Å²) in [6.45, 7) is 5.27. The van der Waals surface area contributed by atoms with Gasteiger partial charge in [-0.2, -0.15) is 0 Å². The quantitative estimate of drug-likeness (QED) is 0.757. The van der Waals surface area contributed by atoms with Gasteiger partial charge < -0.3 is 10.2 Å². The lowest BCUT2D eigenvalue weighted by Gasteiger charge is -2.41. The molecule has 0 amide bonds. The highest BCUT2D eigenvalue weighted by Crippen LogP contribution is 2.37. The number of nitrogens with one attached hydrogen (secondary N) is 1. The molecule has 1 N–H and O–H groups in total. The van der Waals surface area contributed by atoms with E-state index in [1.54, 1.807) is 12.1 Å². The van der Waals surface area contributed by atoms with Gasteiger partial charge in [0.15, 0.2) is 0 Å². The smallest absolute Gasteiger partial charge is 0.146 e. The van der Waals surface area contributed by atoms with Crippen molar-refractivity contribution in [2.45, 2.75) is 45.4 Å². The van der Waals surface area contributed by atoms with Gasteiger partial charge in [-0.1, -0.05) is 38.3 Å². The number of rotatable bonds is 7. The highest BCUT2D eigenvalue weighted by molar-refractivity contribution is 5.47. The largest absolute Gasteiger partial charge is 0.372 e. The highest BCUT2D eigenvalue weighted by Gasteiger charge is 2.33. The minimum absolute atomic E-state index is 0.118. The van der Waals surface area contributed by atoms with Crippen molar-refractivity contribution >= 4 is 5.69 Å². The van der Waals surface area contributed by atoms with Crippen molar-refractivity contribution in [2.24, 2.45) is 5.41 Å². The maximum Gasteiger partial charge on any atom is 0.146 e. The summed E-state index contributed by atoms with van der Waals surface area (Å²) in [7, 11) is 2.02. The second-order valence-electron chi connectivity index (χ2n) is 6.54. The molecule has 0 aromatic heterocycles. The Morgan fingerprint density at radius 1 is 1.19 bits per heavy atom. The van der Waals surface area contributed by atoms with E-state index in [1.807, 2.05) is 19.2 Å². The summed E-state index contributed by atoms with van der Waals surface area (Å²) >= 11 is 0. The van der Waals surface area contributed by atoms with Crippen LogP contribution < -0.4 is 10.2 Å². The molecule has 3 heteroatoms. The molecule has 0 heterocycles. The third kappa shape index (κ3) is 4.44. The van der Waals surface area contributed by atoms with E-state index in [2.05, 4.69) is 17.1 Å². The van der Waals surface area contributed by atoms with Crippen LogP contribution in [0.5, 0.6) is 0 Å². The molecule has 0 saturated heterocycles. The first kappa shape index (κ1) is 16.3. The first-order chi connectivity index (χ1) is 10.2. The average Bonchev–Trinajstić information content (AvgIpc) is 2.49. The molecule has 0 unspecified atom stereocenters. The molecule has 2 rings (SSSR count). The molecule has 0 atom stereocenters. The average molecular weight is 292 g/mol. The van der Waals surface area contributed by atoms with Crippen molar-refractivity contribution in [1.82, 2.24) is 5.32 Å². The Hall–Kier alpha value is -1.09. The third-order valence-electron chi connectivity index (χ3n) is 4.68. The summed E-state index contributed by atoms with van der Waals surface area (Å²) in [5.41, 5.74) is 1.02. The van der Waals surface area contributed by atoms with Crippen molar-refractivity contribution in [3.8, 4) is 0 Å². The molecule has 1 aliphatic rings. The second kappa shape index (κ2) is 7.79. The summed E-state index contributed by atoms with van der Waals surface area (Å²) in [5.74, 6) is -0.118. The molecule has 1 saturated carbocycles. The van der Waals surface area contributed by atoms with Gasteiger partial charge in [0.2, 0.25) is 0 Å². The van der Waals surface area contributed by atoms with Crippen LogP contribution in [-0.4, -0.2) is 26.7 Å². The number of para-hydroxylation sites is 1. The summed E-state index contributed by atoms with van der Waals surface area (Å²) in [4.78, 5) is 2.11. The monoisotopic (exact) mass is 292 g/mol. The maximum atomic E-state index is 14.0. The van der Waals surface area contributed by atoms with Crippen LogP contribution in [0.3, 0.4) is 0 Å². The van der Waals surface area contributed by atoms with Gasteiger partial charge in [-0.3, -0.25) is 0 Å². The number of nitrogens with zero attached hydrogens (tertiary/aromatic N) is 1. The standard InChI is InChI=1S/C18H29FN2/c1-3-13-20-14-18(11-7-4-8-12-18)15-21(2)17-10-6-5-9-16(17)19/h5-6,9-10,20H,3-4,7-8,11-15H2,1-2H3. The molecule has 2 nitrogen and oxygen atoms in total. The van der Waals surface area contributed by atoms with Gasteiger partial charge in [0.05, 0.1) is 5.69 Å². The van der Waals surface area contributed by atoms with E-state index >= 15 is 0 Å². The Morgan fingerprint density at radius 2 is 1.90 bits per heavy atom. The minimum atomic E-state index is -0.118. The van der Waals surface area contributed by atoms with Crippen molar-refractivity contribution in [2.75, 3.05) is 31.6 Å². The normalized spacial score (nSPS) is 17.7. The highest BCUT2D eigenvalue weighted by atomic mass is 19.1. The van der Waals surface area contributed by atoms with Gasteiger partial charge in [-0.05, 0) is 37.9 Å². The fourth-order valence-corrected chi connectivity index (χ4v) is 3.57. The molecule has 0 radical (unpaired) electrons. The van der Waals surface area contributed by atoms with Gasteiger partial charge in [-0.25, -0.2) is 4.39 Å². The lowest BCUT2D eigenvalue weighted by Crippen LogP contribution is -2.44. The maximum absolute atomic E-state index is 14.0. The molecule has 0 spiro atoms. The van der Waals surface area contributed by atoms with E-state index in [4.69, 9.17) is 0 Å². The Bertz CT molecular complexity index is 427. The molecule has 0 aliphatic heterocycles. The zero-order valence-electron chi connectivity index (χ0n) is 13.5. The number of hydrogen-bond acceptors (Lipinski definition) is 2. The predicted octanol–water partition coefficient (Wildman–Crippen LogP) is 4.21.